The summed E-state index contributed by atoms with van der Waals surface area (Å²) in [4.78, 5) is 0. The summed E-state index contributed by atoms with van der Waals surface area (Å²) in [5.74, 6) is 0.911. The third kappa shape index (κ3) is 3.60. The molecule has 94 valence electrons. The molecular formula is C13H17ClFNS. The summed E-state index contributed by atoms with van der Waals surface area (Å²) < 4.78 is 13.3. The summed E-state index contributed by atoms with van der Waals surface area (Å²) in [6.07, 6.45) is 2.58. The standard InChI is InChI=1S/C13H17ClFNS/c1-13(5-2-6-17-13)9-16-8-10-3-4-12(15)11(14)7-10/h3-4,7,16H,2,5-6,8-9H2,1H3. The van der Waals surface area contributed by atoms with E-state index in [9.17, 15) is 4.39 Å². The summed E-state index contributed by atoms with van der Waals surface area (Å²) in [5.41, 5.74) is 1.03. The monoisotopic (exact) mass is 273 g/mol. The minimum atomic E-state index is -0.353. The van der Waals surface area contributed by atoms with Gasteiger partial charge in [-0.2, -0.15) is 11.8 Å². The summed E-state index contributed by atoms with van der Waals surface area (Å²) in [6, 6.07) is 4.89. The molecule has 2 rings (SSSR count). The number of halogens is 2. The lowest BCUT2D eigenvalue weighted by Gasteiger charge is -2.23. The van der Waals surface area contributed by atoms with Crippen molar-refractivity contribution in [1.82, 2.24) is 5.32 Å². The van der Waals surface area contributed by atoms with Crippen LogP contribution in [-0.4, -0.2) is 17.0 Å². The fourth-order valence-electron chi connectivity index (χ4n) is 2.10. The molecule has 1 saturated heterocycles. The number of benzene rings is 1. The molecule has 1 atom stereocenters. The molecule has 0 saturated carbocycles. The molecular weight excluding hydrogens is 257 g/mol. The lowest BCUT2D eigenvalue weighted by atomic mass is 10.1. The first-order valence-electron chi connectivity index (χ1n) is 5.88. The first-order chi connectivity index (χ1) is 8.09. The zero-order valence-electron chi connectivity index (χ0n) is 9.93. The zero-order chi connectivity index (χ0) is 12.3. The van der Waals surface area contributed by atoms with Gasteiger partial charge in [-0.1, -0.05) is 17.7 Å². The van der Waals surface area contributed by atoms with E-state index in [4.69, 9.17) is 11.6 Å². The van der Waals surface area contributed by atoms with Gasteiger partial charge < -0.3 is 5.32 Å². The van der Waals surface area contributed by atoms with Gasteiger partial charge in [-0.15, -0.1) is 0 Å². The summed E-state index contributed by atoms with van der Waals surface area (Å²) in [5, 5.41) is 3.63. The zero-order valence-corrected chi connectivity index (χ0v) is 11.5. The van der Waals surface area contributed by atoms with E-state index in [0.717, 1.165) is 18.7 Å². The fraction of sp³-hybridized carbons (Fsp3) is 0.538. The molecule has 0 amide bonds. The first kappa shape index (κ1) is 13.2. The van der Waals surface area contributed by atoms with Crippen molar-refractivity contribution in [2.45, 2.75) is 31.1 Å². The van der Waals surface area contributed by atoms with Gasteiger partial charge in [0.2, 0.25) is 0 Å². The molecule has 0 spiro atoms. The molecule has 0 bridgehead atoms. The second-order valence-electron chi connectivity index (χ2n) is 4.75. The van der Waals surface area contributed by atoms with Gasteiger partial charge in [-0.05, 0) is 43.2 Å². The molecule has 0 aliphatic carbocycles. The first-order valence-corrected chi connectivity index (χ1v) is 7.24. The maximum Gasteiger partial charge on any atom is 0.141 e. The quantitative estimate of drug-likeness (QED) is 0.894. The van der Waals surface area contributed by atoms with Gasteiger partial charge in [0.25, 0.3) is 0 Å². The summed E-state index contributed by atoms with van der Waals surface area (Å²) in [7, 11) is 0. The predicted molar refractivity (Wildman–Crippen MR) is 73.2 cm³/mol. The van der Waals surface area contributed by atoms with Crippen molar-refractivity contribution in [3.05, 3.63) is 34.6 Å². The Morgan fingerprint density at radius 1 is 1.53 bits per heavy atom. The van der Waals surface area contributed by atoms with E-state index in [2.05, 4.69) is 12.2 Å². The van der Waals surface area contributed by atoms with Crippen molar-refractivity contribution in [3.63, 3.8) is 0 Å². The van der Waals surface area contributed by atoms with Crippen molar-refractivity contribution in [3.8, 4) is 0 Å². The second-order valence-corrected chi connectivity index (χ2v) is 6.84. The molecule has 0 radical (unpaired) electrons. The molecule has 1 unspecified atom stereocenters. The normalized spacial score (nSPS) is 24.2. The molecule has 1 aromatic carbocycles. The smallest absolute Gasteiger partial charge is 0.141 e. The summed E-state index contributed by atoms with van der Waals surface area (Å²) >= 11 is 7.78. The predicted octanol–water partition coefficient (Wildman–Crippen LogP) is 3.85. The van der Waals surface area contributed by atoms with Crippen LogP contribution in [0.25, 0.3) is 0 Å². The third-order valence-electron chi connectivity index (χ3n) is 3.11. The molecule has 1 aliphatic rings. The van der Waals surface area contributed by atoms with Crippen molar-refractivity contribution in [2.75, 3.05) is 12.3 Å². The van der Waals surface area contributed by atoms with Gasteiger partial charge >= 0.3 is 0 Å². The van der Waals surface area contributed by atoms with E-state index in [-0.39, 0.29) is 10.8 Å². The maximum absolute atomic E-state index is 13.0. The minimum Gasteiger partial charge on any atom is -0.311 e. The Hall–Kier alpha value is -0.250. The van der Waals surface area contributed by atoms with Crippen LogP contribution >= 0.6 is 23.4 Å². The van der Waals surface area contributed by atoms with Crippen LogP contribution in [0.15, 0.2) is 18.2 Å². The Morgan fingerprint density at radius 3 is 3.00 bits per heavy atom. The number of hydrogen-bond donors (Lipinski definition) is 1. The molecule has 0 aromatic heterocycles. The Balaban J connectivity index is 1.83. The largest absolute Gasteiger partial charge is 0.311 e. The highest BCUT2D eigenvalue weighted by atomic mass is 35.5. The molecule has 1 nitrogen and oxygen atoms in total. The minimum absolute atomic E-state index is 0.200. The number of thioether (sulfide) groups is 1. The van der Waals surface area contributed by atoms with Gasteiger partial charge in [0, 0.05) is 17.8 Å². The van der Waals surface area contributed by atoms with Gasteiger partial charge in [0.1, 0.15) is 5.82 Å². The second kappa shape index (κ2) is 5.59. The average molecular weight is 274 g/mol. The van der Waals surface area contributed by atoms with Crippen molar-refractivity contribution < 1.29 is 4.39 Å². The van der Waals surface area contributed by atoms with Crippen LogP contribution < -0.4 is 5.32 Å². The highest BCUT2D eigenvalue weighted by molar-refractivity contribution is 8.00. The molecule has 1 heterocycles. The number of rotatable bonds is 4. The van der Waals surface area contributed by atoms with Gasteiger partial charge in [0.05, 0.1) is 5.02 Å². The SMILES string of the molecule is CC1(CNCc2ccc(F)c(Cl)c2)CCCS1. The lowest BCUT2D eigenvalue weighted by Crippen LogP contribution is -2.32. The molecule has 17 heavy (non-hydrogen) atoms. The van der Waals surface area contributed by atoms with E-state index >= 15 is 0 Å². The Labute approximate surface area is 111 Å². The topological polar surface area (TPSA) is 12.0 Å². The van der Waals surface area contributed by atoms with E-state index in [1.54, 1.807) is 12.1 Å². The molecule has 1 aliphatic heterocycles. The van der Waals surface area contributed by atoms with Crippen LogP contribution in [-0.2, 0) is 6.54 Å². The van der Waals surface area contributed by atoms with Crippen molar-refractivity contribution in [1.29, 1.82) is 0 Å². The van der Waals surface area contributed by atoms with Crippen LogP contribution in [0.5, 0.6) is 0 Å². The van der Waals surface area contributed by atoms with Gasteiger partial charge in [0.15, 0.2) is 0 Å². The number of nitrogens with one attached hydrogen (secondary N) is 1. The third-order valence-corrected chi connectivity index (χ3v) is 4.94. The Kier molecular flexibility index (Phi) is 4.34. The number of hydrogen-bond acceptors (Lipinski definition) is 2. The van der Waals surface area contributed by atoms with Crippen LogP contribution in [0.3, 0.4) is 0 Å². The highest BCUT2D eigenvalue weighted by Gasteiger charge is 2.28. The van der Waals surface area contributed by atoms with E-state index in [1.165, 1.54) is 24.7 Å². The van der Waals surface area contributed by atoms with Crippen molar-refractivity contribution >= 4 is 23.4 Å². The van der Waals surface area contributed by atoms with E-state index in [0.29, 0.717) is 4.75 Å². The van der Waals surface area contributed by atoms with E-state index < -0.39 is 0 Å². The Bertz CT molecular complexity index is 391. The van der Waals surface area contributed by atoms with Crippen LogP contribution in [0.2, 0.25) is 5.02 Å². The van der Waals surface area contributed by atoms with E-state index in [1.807, 2.05) is 11.8 Å². The maximum atomic E-state index is 13.0. The fourth-order valence-corrected chi connectivity index (χ4v) is 3.57. The average Bonchev–Trinajstić information content (AvgIpc) is 2.71. The molecule has 1 N–H and O–H groups in total. The van der Waals surface area contributed by atoms with Crippen LogP contribution in [0.1, 0.15) is 25.3 Å². The molecule has 1 aromatic rings. The molecule has 1 fully saturated rings. The highest BCUT2D eigenvalue weighted by Crippen LogP contribution is 2.36. The summed E-state index contributed by atoms with van der Waals surface area (Å²) in [6.45, 7) is 4.04. The van der Waals surface area contributed by atoms with Gasteiger partial charge in [-0.3, -0.25) is 0 Å². The van der Waals surface area contributed by atoms with Crippen molar-refractivity contribution in [2.24, 2.45) is 0 Å². The van der Waals surface area contributed by atoms with Gasteiger partial charge in [-0.25, -0.2) is 4.39 Å². The van der Waals surface area contributed by atoms with Crippen LogP contribution in [0, 0.1) is 5.82 Å². The van der Waals surface area contributed by atoms with Crippen LogP contribution in [0.4, 0.5) is 4.39 Å². The molecule has 4 heteroatoms. The Morgan fingerprint density at radius 2 is 2.35 bits per heavy atom. The lowest BCUT2D eigenvalue weighted by molar-refractivity contribution is 0.536.